The molecule has 2 heterocycles. The van der Waals surface area contributed by atoms with Crippen LogP contribution in [0, 0.1) is 17.1 Å². The highest BCUT2D eigenvalue weighted by Crippen LogP contribution is 2.42. The summed E-state index contributed by atoms with van der Waals surface area (Å²) in [6.07, 6.45) is 7.36. The number of halogens is 2. The van der Waals surface area contributed by atoms with E-state index in [-0.39, 0.29) is 5.54 Å². The largest absolute Gasteiger partial charge is 0.378 e. The average Bonchev–Trinajstić information content (AvgIpc) is 3.78. The van der Waals surface area contributed by atoms with Crippen LogP contribution in [0.25, 0.3) is 10.9 Å². The van der Waals surface area contributed by atoms with Gasteiger partial charge in [-0.25, -0.2) is 9.07 Å². The molecule has 2 aliphatic rings. The van der Waals surface area contributed by atoms with E-state index in [1.165, 1.54) is 18.3 Å². The Morgan fingerprint density at radius 1 is 1.29 bits per heavy atom. The van der Waals surface area contributed by atoms with E-state index in [0.29, 0.717) is 50.2 Å². The number of fused-ring (bicyclic) bond motifs is 1. The van der Waals surface area contributed by atoms with E-state index in [0.717, 1.165) is 25.7 Å². The standard InChI is InChI=1S/C26H23ClFN7/c1-26(8-9-26)32-23-16(12-29)13-30-25-20(23)10-18(11-21(25)27)31-24(15-2-4-17(28)5-3-15)22-14-35(34-33-22)19-6-7-19/h2-5,10-11,13-14,19,24,31H,6-9H2,1H3,(H,30,32)/t24-/m1/s1/i24D. The maximum atomic E-state index is 13.7. The fourth-order valence-electron chi connectivity index (χ4n) is 4.12. The predicted molar refractivity (Wildman–Crippen MR) is 133 cm³/mol. The van der Waals surface area contributed by atoms with E-state index >= 15 is 0 Å². The van der Waals surface area contributed by atoms with Crippen LogP contribution in [-0.4, -0.2) is 25.5 Å². The number of anilines is 2. The van der Waals surface area contributed by atoms with Crippen molar-refractivity contribution in [3.8, 4) is 6.07 Å². The zero-order valence-electron chi connectivity index (χ0n) is 20.0. The summed E-state index contributed by atoms with van der Waals surface area (Å²) in [5.41, 5.74) is 2.99. The molecule has 0 radical (unpaired) electrons. The van der Waals surface area contributed by atoms with Crippen LogP contribution in [0.1, 0.15) is 62.9 Å². The zero-order valence-corrected chi connectivity index (χ0v) is 19.8. The monoisotopic (exact) mass is 488 g/mol. The molecular weight excluding hydrogens is 465 g/mol. The van der Waals surface area contributed by atoms with Crippen molar-refractivity contribution in [2.75, 3.05) is 10.6 Å². The average molecular weight is 489 g/mol. The van der Waals surface area contributed by atoms with Crippen LogP contribution in [-0.2, 0) is 0 Å². The highest BCUT2D eigenvalue weighted by molar-refractivity contribution is 6.35. The van der Waals surface area contributed by atoms with Gasteiger partial charge in [0.05, 0.1) is 41.4 Å². The Morgan fingerprint density at radius 3 is 2.74 bits per heavy atom. The van der Waals surface area contributed by atoms with Crippen molar-refractivity contribution in [3.05, 3.63) is 76.5 Å². The Hall–Kier alpha value is -3.70. The molecule has 6 rings (SSSR count). The van der Waals surface area contributed by atoms with Gasteiger partial charge in [0.25, 0.3) is 0 Å². The summed E-state index contributed by atoms with van der Waals surface area (Å²) in [6.45, 7) is 2.11. The van der Waals surface area contributed by atoms with Gasteiger partial charge in [0.1, 0.15) is 17.6 Å². The van der Waals surface area contributed by atoms with Crippen molar-refractivity contribution in [2.24, 2.45) is 0 Å². The molecule has 2 aromatic heterocycles. The SMILES string of the molecule is [2H][C@@](Nc1cc(Cl)c2ncc(C#N)c(NC3(C)CC3)c2c1)(c1ccc(F)cc1)c1cn(C2CC2)nn1. The summed E-state index contributed by atoms with van der Waals surface area (Å²) in [4.78, 5) is 4.42. The van der Waals surface area contributed by atoms with Gasteiger partial charge in [-0.1, -0.05) is 28.9 Å². The minimum atomic E-state index is -1.58. The van der Waals surface area contributed by atoms with Crippen LogP contribution in [0.4, 0.5) is 15.8 Å². The second-order valence-electron chi connectivity index (χ2n) is 9.52. The summed E-state index contributed by atoms with van der Waals surface area (Å²) in [5, 5.41) is 26.1. The van der Waals surface area contributed by atoms with Crippen molar-refractivity contribution in [3.63, 3.8) is 0 Å². The lowest BCUT2D eigenvalue weighted by atomic mass is 10.0. The van der Waals surface area contributed by atoms with Gasteiger partial charge in [-0.2, -0.15) is 5.26 Å². The van der Waals surface area contributed by atoms with Gasteiger partial charge in [-0.15, -0.1) is 5.10 Å². The lowest BCUT2D eigenvalue weighted by Gasteiger charge is -2.21. The Bertz CT molecular complexity index is 1520. The predicted octanol–water partition coefficient (Wildman–Crippen LogP) is 5.99. The Balaban J connectivity index is 1.47. The number of hydrogen-bond acceptors (Lipinski definition) is 6. The molecule has 7 nitrogen and oxygen atoms in total. The van der Waals surface area contributed by atoms with Gasteiger partial charge < -0.3 is 10.6 Å². The number of nitrogens with zero attached hydrogens (tertiary/aromatic N) is 5. The van der Waals surface area contributed by atoms with Crippen molar-refractivity contribution < 1.29 is 5.76 Å². The Labute approximate surface area is 208 Å². The molecule has 2 N–H and O–H groups in total. The summed E-state index contributed by atoms with van der Waals surface area (Å²) < 4.78 is 25.0. The molecule has 176 valence electrons. The van der Waals surface area contributed by atoms with Gasteiger partial charge in [0.15, 0.2) is 0 Å². The summed E-state index contributed by atoms with van der Waals surface area (Å²) in [6, 6.07) is 10.2. The van der Waals surface area contributed by atoms with Crippen molar-refractivity contribution in [2.45, 2.75) is 50.2 Å². The van der Waals surface area contributed by atoms with Crippen LogP contribution in [0.2, 0.25) is 5.02 Å². The quantitative estimate of drug-likeness (QED) is 0.332. The molecule has 2 fully saturated rings. The molecule has 2 aromatic carbocycles. The van der Waals surface area contributed by atoms with Gasteiger partial charge in [-0.3, -0.25) is 4.98 Å². The summed E-state index contributed by atoms with van der Waals surface area (Å²) >= 11 is 6.66. The third kappa shape index (κ3) is 4.28. The minimum Gasteiger partial charge on any atom is -0.378 e. The van der Waals surface area contributed by atoms with Crippen LogP contribution >= 0.6 is 11.6 Å². The molecule has 4 aromatic rings. The maximum absolute atomic E-state index is 13.7. The molecule has 0 amide bonds. The first-order valence-electron chi connectivity index (χ1n) is 12.1. The Kier molecular flexibility index (Phi) is 4.84. The normalized spacial score (nSPS) is 18.4. The van der Waals surface area contributed by atoms with E-state index in [2.05, 4.69) is 38.9 Å². The first kappa shape index (κ1) is 20.7. The van der Waals surface area contributed by atoms with Gasteiger partial charge in [0, 0.05) is 22.8 Å². The van der Waals surface area contributed by atoms with E-state index in [1.807, 2.05) is 6.07 Å². The fourth-order valence-corrected chi connectivity index (χ4v) is 4.39. The highest BCUT2D eigenvalue weighted by atomic mass is 35.5. The number of benzene rings is 2. The number of aromatic nitrogens is 4. The van der Waals surface area contributed by atoms with Crippen LogP contribution in [0.5, 0.6) is 0 Å². The van der Waals surface area contributed by atoms with E-state index in [4.69, 9.17) is 11.6 Å². The van der Waals surface area contributed by atoms with Crippen LogP contribution in [0.3, 0.4) is 0 Å². The van der Waals surface area contributed by atoms with Crippen molar-refractivity contribution in [1.29, 1.82) is 5.26 Å². The molecule has 0 bridgehead atoms. The number of pyridine rings is 1. The van der Waals surface area contributed by atoms with Crippen LogP contribution < -0.4 is 10.6 Å². The molecule has 0 unspecified atom stereocenters. The molecule has 0 saturated heterocycles. The fraction of sp³-hybridized carbons (Fsp3) is 0.308. The second kappa shape index (κ2) is 8.21. The molecule has 2 aliphatic carbocycles. The third-order valence-corrected chi connectivity index (χ3v) is 6.85. The van der Waals surface area contributed by atoms with E-state index in [1.54, 1.807) is 29.1 Å². The second-order valence-corrected chi connectivity index (χ2v) is 9.93. The first-order valence-corrected chi connectivity index (χ1v) is 11.9. The topological polar surface area (TPSA) is 91.5 Å². The molecule has 0 aliphatic heterocycles. The van der Waals surface area contributed by atoms with E-state index < -0.39 is 11.8 Å². The number of nitrogens with one attached hydrogen (secondary N) is 2. The summed E-state index contributed by atoms with van der Waals surface area (Å²) in [7, 11) is 0. The van der Waals surface area contributed by atoms with Gasteiger partial charge in [0.2, 0.25) is 0 Å². The Morgan fingerprint density at radius 2 is 2.06 bits per heavy atom. The molecule has 2 saturated carbocycles. The van der Waals surface area contributed by atoms with E-state index in [9.17, 15) is 11.0 Å². The third-order valence-electron chi connectivity index (χ3n) is 6.56. The first-order chi connectivity index (χ1) is 17.3. The summed E-state index contributed by atoms with van der Waals surface area (Å²) in [5.74, 6) is -0.393. The lowest BCUT2D eigenvalue weighted by molar-refractivity contribution is 0.610. The van der Waals surface area contributed by atoms with Gasteiger partial charge in [-0.05, 0) is 62.4 Å². The highest BCUT2D eigenvalue weighted by Gasteiger charge is 2.38. The molecule has 35 heavy (non-hydrogen) atoms. The van der Waals surface area contributed by atoms with Crippen molar-refractivity contribution >= 4 is 33.9 Å². The molecule has 0 spiro atoms. The molecule has 9 heteroatoms. The van der Waals surface area contributed by atoms with Crippen LogP contribution in [0.15, 0.2) is 48.8 Å². The number of hydrogen-bond donors (Lipinski definition) is 2. The molecular formula is C26H23ClFN7. The molecule has 1 atom stereocenters. The number of nitriles is 1. The number of rotatable bonds is 7. The van der Waals surface area contributed by atoms with Gasteiger partial charge >= 0.3 is 0 Å². The van der Waals surface area contributed by atoms with Crippen molar-refractivity contribution in [1.82, 2.24) is 20.0 Å². The zero-order chi connectivity index (χ0) is 25.1. The lowest BCUT2D eigenvalue weighted by Crippen LogP contribution is -2.17. The maximum Gasteiger partial charge on any atom is 0.123 e. The smallest absolute Gasteiger partial charge is 0.123 e. The minimum absolute atomic E-state index is 0.0790.